The second-order valence-corrected chi connectivity index (χ2v) is 10.9. The number of carbonyl (C=O) groups is 1. The molecule has 0 saturated carbocycles. The lowest BCUT2D eigenvalue weighted by Gasteiger charge is -2.13. The summed E-state index contributed by atoms with van der Waals surface area (Å²) < 4.78 is 31.2. The number of nitrogens with zero attached hydrogens (tertiary/aromatic N) is 2. The molecule has 0 saturated heterocycles. The zero-order valence-electron chi connectivity index (χ0n) is 19.5. The second-order valence-electron chi connectivity index (χ2n) is 8.26. The minimum atomic E-state index is -4.04. The van der Waals surface area contributed by atoms with E-state index in [1.54, 1.807) is 47.3 Å². The van der Waals surface area contributed by atoms with Gasteiger partial charge in [-0.05, 0) is 47.5 Å². The molecule has 0 bridgehead atoms. The molecule has 5 rings (SSSR count). The highest BCUT2D eigenvalue weighted by atomic mass is 32.2. The number of aromatic nitrogens is 2. The first-order valence-corrected chi connectivity index (χ1v) is 13.7. The molecule has 0 aliphatic heterocycles. The van der Waals surface area contributed by atoms with Crippen LogP contribution in [0.25, 0.3) is 10.2 Å². The summed E-state index contributed by atoms with van der Waals surface area (Å²) in [6, 6.07) is 24.2. The minimum absolute atomic E-state index is 0.00122. The zero-order valence-corrected chi connectivity index (χ0v) is 21.1. The number of thiazole rings is 1. The van der Waals surface area contributed by atoms with E-state index < -0.39 is 15.9 Å². The van der Waals surface area contributed by atoms with Gasteiger partial charge in [0.15, 0.2) is 0 Å². The molecule has 0 aliphatic rings. The molecule has 0 fully saturated rings. The van der Waals surface area contributed by atoms with Crippen molar-refractivity contribution in [2.24, 2.45) is 0 Å². The van der Waals surface area contributed by atoms with Crippen LogP contribution in [0.5, 0.6) is 0 Å². The average Bonchev–Trinajstić information content (AvgIpc) is 3.22. The molecule has 37 heavy (non-hydrogen) atoms. The highest BCUT2D eigenvalue weighted by Crippen LogP contribution is 2.25. The number of rotatable bonds is 8. The first kappa shape index (κ1) is 24.4. The number of fused-ring (bicyclic) bond motifs is 1. The second kappa shape index (κ2) is 10.4. The van der Waals surface area contributed by atoms with Crippen LogP contribution in [0.3, 0.4) is 0 Å². The molecule has 2 heterocycles. The number of anilines is 1. The van der Waals surface area contributed by atoms with Gasteiger partial charge >= 0.3 is 4.87 Å². The Morgan fingerprint density at radius 2 is 1.68 bits per heavy atom. The summed E-state index contributed by atoms with van der Waals surface area (Å²) in [5, 5.41) is 2.78. The Kier molecular flexibility index (Phi) is 6.85. The number of nitrogens with one attached hydrogen (secondary N) is 2. The number of hydrogen-bond donors (Lipinski definition) is 2. The highest BCUT2D eigenvalue weighted by Gasteiger charge is 2.20. The third kappa shape index (κ3) is 5.45. The molecule has 0 radical (unpaired) electrons. The Hall–Kier alpha value is -4.28. The van der Waals surface area contributed by atoms with Gasteiger partial charge in [-0.2, -0.15) is 0 Å². The van der Waals surface area contributed by atoms with Crippen LogP contribution in [-0.4, -0.2) is 23.9 Å². The Morgan fingerprint density at radius 3 is 2.46 bits per heavy atom. The van der Waals surface area contributed by atoms with Crippen molar-refractivity contribution in [1.82, 2.24) is 14.9 Å². The maximum absolute atomic E-state index is 13.3. The molecule has 0 atom stereocenters. The molecule has 186 valence electrons. The van der Waals surface area contributed by atoms with Crippen LogP contribution in [0.1, 0.15) is 21.5 Å². The van der Waals surface area contributed by atoms with E-state index in [-0.39, 0.29) is 27.6 Å². The molecule has 3 aromatic carbocycles. The van der Waals surface area contributed by atoms with Gasteiger partial charge < -0.3 is 5.32 Å². The average molecular weight is 531 g/mol. The Bertz CT molecular complexity index is 1730. The lowest BCUT2D eigenvalue weighted by atomic mass is 10.1. The number of sulfonamides is 1. The molecule has 0 unspecified atom stereocenters. The van der Waals surface area contributed by atoms with Crippen molar-refractivity contribution in [3.63, 3.8) is 0 Å². The van der Waals surface area contributed by atoms with Crippen LogP contribution in [0.15, 0.2) is 107 Å². The van der Waals surface area contributed by atoms with Crippen LogP contribution in [0.4, 0.5) is 5.69 Å². The predicted octanol–water partition coefficient (Wildman–Crippen LogP) is 4.24. The summed E-state index contributed by atoms with van der Waals surface area (Å²) in [4.78, 5) is 29.3. The van der Waals surface area contributed by atoms with Crippen LogP contribution < -0.4 is 14.9 Å². The van der Waals surface area contributed by atoms with E-state index in [9.17, 15) is 18.0 Å². The first-order chi connectivity index (χ1) is 17.9. The molecule has 0 aliphatic carbocycles. The number of benzene rings is 3. The van der Waals surface area contributed by atoms with Gasteiger partial charge in [0.05, 0.1) is 32.9 Å². The number of carbonyl (C=O) groups excluding carboxylic acids is 1. The smallest absolute Gasteiger partial charge is 0.308 e. The van der Waals surface area contributed by atoms with Crippen molar-refractivity contribution >= 4 is 43.2 Å². The monoisotopic (exact) mass is 530 g/mol. The van der Waals surface area contributed by atoms with Gasteiger partial charge in [-0.1, -0.05) is 59.9 Å². The Labute approximate surface area is 217 Å². The number of amides is 1. The SMILES string of the molecule is O=C(NCc1cccnc1)c1ccccc1NS(=O)(=O)c1ccc2c(c1)sc(=O)n2Cc1ccccc1. The molecule has 8 nitrogen and oxygen atoms in total. The maximum Gasteiger partial charge on any atom is 0.308 e. The third-order valence-corrected chi connectivity index (χ3v) is 8.03. The molecule has 0 spiro atoms. The standard InChI is InChI=1S/C27H22N4O4S2/c32-26(29-17-20-9-6-14-28-16-20)22-10-4-5-11-23(22)30-37(34,35)21-12-13-24-25(15-21)36-27(33)31(24)18-19-7-2-1-3-8-19/h1-16,30H,17-18H2,(H,29,32). The summed E-state index contributed by atoms with van der Waals surface area (Å²) in [5.41, 5.74) is 2.80. The van der Waals surface area contributed by atoms with Crippen molar-refractivity contribution in [3.8, 4) is 0 Å². The number of pyridine rings is 1. The molecule has 1 amide bonds. The van der Waals surface area contributed by atoms with Gasteiger partial charge in [0, 0.05) is 18.9 Å². The van der Waals surface area contributed by atoms with Crippen LogP contribution >= 0.6 is 11.3 Å². The molecule has 2 aromatic heterocycles. The summed E-state index contributed by atoms with van der Waals surface area (Å²) in [7, 11) is -4.04. The normalized spacial score (nSPS) is 11.4. The van der Waals surface area contributed by atoms with E-state index in [0.717, 1.165) is 22.5 Å². The van der Waals surface area contributed by atoms with E-state index in [0.29, 0.717) is 16.8 Å². The van der Waals surface area contributed by atoms with Gasteiger partial charge in [0.1, 0.15) is 0 Å². The highest BCUT2D eigenvalue weighted by molar-refractivity contribution is 7.92. The van der Waals surface area contributed by atoms with Gasteiger partial charge in [-0.3, -0.25) is 23.9 Å². The van der Waals surface area contributed by atoms with E-state index in [2.05, 4.69) is 15.0 Å². The fraction of sp³-hybridized carbons (Fsp3) is 0.0741. The van der Waals surface area contributed by atoms with Crippen molar-refractivity contribution < 1.29 is 13.2 Å². The van der Waals surface area contributed by atoms with E-state index in [4.69, 9.17) is 0 Å². The van der Waals surface area contributed by atoms with Crippen molar-refractivity contribution in [2.75, 3.05) is 4.72 Å². The van der Waals surface area contributed by atoms with Gasteiger partial charge in [-0.15, -0.1) is 0 Å². The Morgan fingerprint density at radius 1 is 0.919 bits per heavy atom. The lowest BCUT2D eigenvalue weighted by Crippen LogP contribution is -2.25. The summed E-state index contributed by atoms with van der Waals surface area (Å²) >= 11 is 0.993. The lowest BCUT2D eigenvalue weighted by molar-refractivity contribution is 0.0952. The van der Waals surface area contributed by atoms with Crippen molar-refractivity contribution in [3.05, 3.63) is 124 Å². The van der Waals surface area contributed by atoms with Crippen LogP contribution in [0, 0.1) is 0 Å². The number of hydrogen-bond acceptors (Lipinski definition) is 6. The first-order valence-electron chi connectivity index (χ1n) is 11.4. The maximum atomic E-state index is 13.3. The summed E-state index contributed by atoms with van der Waals surface area (Å²) in [5.74, 6) is -0.422. The summed E-state index contributed by atoms with van der Waals surface area (Å²) in [6.07, 6.45) is 3.29. The number of para-hydroxylation sites is 1. The van der Waals surface area contributed by atoms with Gasteiger partial charge in [0.2, 0.25) is 0 Å². The third-order valence-electron chi connectivity index (χ3n) is 5.73. The van der Waals surface area contributed by atoms with Gasteiger partial charge in [-0.25, -0.2) is 8.42 Å². The summed E-state index contributed by atoms with van der Waals surface area (Å²) in [6.45, 7) is 0.648. The molecule has 2 N–H and O–H groups in total. The minimum Gasteiger partial charge on any atom is -0.348 e. The van der Waals surface area contributed by atoms with E-state index >= 15 is 0 Å². The predicted molar refractivity (Wildman–Crippen MR) is 144 cm³/mol. The molecule has 10 heteroatoms. The van der Waals surface area contributed by atoms with E-state index in [1.807, 2.05) is 36.4 Å². The fourth-order valence-electron chi connectivity index (χ4n) is 3.88. The topological polar surface area (TPSA) is 110 Å². The van der Waals surface area contributed by atoms with Crippen LogP contribution in [0.2, 0.25) is 0 Å². The quantitative estimate of drug-likeness (QED) is 0.312. The van der Waals surface area contributed by atoms with Gasteiger partial charge in [0.25, 0.3) is 15.9 Å². The zero-order chi connectivity index (χ0) is 25.8. The van der Waals surface area contributed by atoms with Crippen molar-refractivity contribution in [1.29, 1.82) is 0 Å². The molecular formula is C27H22N4O4S2. The molecular weight excluding hydrogens is 508 g/mol. The largest absolute Gasteiger partial charge is 0.348 e. The van der Waals surface area contributed by atoms with Crippen molar-refractivity contribution in [2.45, 2.75) is 18.0 Å². The Balaban J connectivity index is 1.38. The van der Waals surface area contributed by atoms with Crippen LogP contribution in [-0.2, 0) is 23.1 Å². The molecule has 5 aromatic rings. The fourth-order valence-corrected chi connectivity index (χ4v) is 5.99. The van der Waals surface area contributed by atoms with E-state index in [1.165, 1.54) is 18.2 Å².